The number of rotatable bonds is 7. The Morgan fingerprint density at radius 1 is 1.21 bits per heavy atom. The van der Waals surface area contributed by atoms with Gasteiger partial charge in [-0.1, -0.05) is 23.7 Å². The van der Waals surface area contributed by atoms with Crippen LogP contribution in [0.4, 0.5) is 5.69 Å². The lowest BCUT2D eigenvalue weighted by Crippen LogP contribution is -2.32. The van der Waals surface area contributed by atoms with Gasteiger partial charge >= 0.3 is 0 Å². The normalized spacial score (nSPS) is 15.9. The Labute approximate surface area is 169 Å². The molecule has 1 fully saturated rings. The number of carbonyl (C=O) groups is 2. The molecule has 1 atom stereocenters. The first-order valence-corrected chi connectivity index (χ1v) is 9.55. The Hall–Kier alpha value is -2.57. The summed E-state index contributed by atoms with van der Waals surface area (Å²) in [4.78, 5) is 24.6. The lowest BCUT2D eigenvalue weighted by atomic mass is 10.1. The van der Waals surface area contributed by atoms with Crippen LogP contribution in [0.3, 0.4) is 0 Å². The lowest BCUT2D eigenvalue weighted by Gasteiger charge is -2.11. The summed E-state index contributed by atoms with van der Waals surface area (Å²) in [6.07, 6.45) is 2.45. The Bertz CT molecular complexity index is 833. The van der Waals surface area contributed by atoms with Crippen molar-refractivity contribution in [2.75, 3.05) is 25.6 Å². The van der Waals surface area contributed by atoms with Crippen molar-refractivity contribution in [3.8, 4) is 5.75 Å². The molecule has 6 nitrogen and oxygen atoms in total. The second-order valence-electron chi connectivity index (χ2n) is 6.61. The van der Waals surface area contributed by atoms with Crippen molar-refractivity contribution < 1.29 is 19.1 Å². The quantitative estimate of drug-likeness (QED) is 0.743. The van der Waals surface area contributed by atoms with Crippen LogP contribution in [0, 0.1) is 0 Å². The predicted molar refractivity (Wildman–Crippen MR) is 108 cm³/mol. The topological polar surface area (TPSA) is 76.7 Å². The second kappa shape index (κ2) is 9.57. The van der Waals surface area contributed by atoms with E-state index in [1.807, 2.05) is 12.1 Å². The predicted octanol–water partition coefficient (Wildman–Crippen LogP) is 3.44. The Morgan fingerprint density at radius 3 is 2.68 bits per heavy atom. The molecule has 1 unspecified atom stereocenters. The van der Waals surface area contributed by atoms with Gasteiger partial charge in [-0.3, -0.25) is 9.59 Å². The Morgan fingerprint density at radius 2 is 2.00 bits per heavy atom. The van der Waals surface area contributed by atoms with Gasteiger partial charge < -0.3 is 20.1 Å². The molecular weight excluding hydrogens is 380 g/mol. The van der Waals surface area contributed by atoms with Gasteiger partial charge in [-0.05, 0) is 48.7 Å². The van der Waals surface area contributed by atoms with Gasteiger partial charge in [-0.25, -0.2) is 0 Å². The smallest absolute Gasteiger partial charge is 0.259 e. The molecule has 0 spiro atoms. The SMILES string of the molecule is COc1ccc(Cl)cc1C(=O)Nc1ccc(CC(=O)NCC2CCCO2)cc1. The lowest BCUT2D eigenvalue weighted by molar-refractivity contribution is -0.120. The molecule has 2 aromatic rings. The number of amides is 2. The summed E-state index contributed by atoms with van der Waals surface area (Å²) in [6.45, 7) is 1.32. The third-order valence-corrected chi connectivity index (χ3v) is 4.77. The molecule has 0 bridgehead atoms. The zero-order chi connectivity index (χ0) is 19.9. The van der Waals surface area contributed by atoms with E-state index in [0.717, 1.165) is 25.0 Å². The fourth-order valence-corrected chi connectivity index (χ4v) is 3.22. The molecule has 148 valence electrons. The van der Waals surface area contributed by atoms with Crippen LogP contribution < -0.4 is 15.4 Å². The molecule has 0 saturated carbocycles. The van der Waals surface area contributed by atoms with Crippen molar-refractivity contribution in [1.29, 1.82) is 0 Å². The molecule has 3 rings (SSSR count). The third kappa shape index (κ3) is 5.47. The number of nitrogens with one attached hydrogen (secondary N) is 2. The molecule has 28 heavy (non-hydrogen) atoms. The van der Waals surface area contributed by atoms with Crippen LogP contribution in [0.1, 0.15) is 28.8 Å². The van der Waals surface area contributed by atoms with Crippen molar-refractivity contribution in [3.05, 3.63) is 58.6 Å². The van der Waals surface area contributed by atoms with Crippen molar-refractivity contribution in [3.63, 3.8) is 0 Å². The maximum atomic E-state index is 12.5. The van der Waals surface area contributed by atoms with Crippen LogP contribution in [0.2, 0.25) is 5.02 Å². The Kier molecular flexibility index (Phi) is 6.90. The zero-order valence-electron chi connectivity index (χ0n) is 15.7. The largest absolute Gasteiger partial charge is 0.496 e. The molecule has 2 N–H and O–H groups in total. The maximum Gasteiger partial charge on any atom is 0.259 e. The summed E-state index contributed by atoms with van der Waals surface area (Å²) in [6, 6.07) is 12.0. The van der Waals surface area contributed by atoms with E-state index in [0.29, 0.717) is 28.6 Å². The van der Waals surface area contributed by atoms with E-state index in [9.17, 15) is 9.59 Å². The van der Waals surface area contributed by atoms with Crippen molar-refractivity contribution in [2.45, 2.75) is 25.4 Å². The molecule has 0 aliphatic carbocycles. The van der Waals surface area contributed by atoms with Crippen LogP contribution in [-0.2, 0) is 16.0 Å². The first-order valence-electron chi connectivity index (χ1n) is 9.17. The molecule has 0 radical (unpaired) electrons. The number of halogens is 1. The minimum atomic E-state index is -0.318. The standard InChI is InChI=1S/C21H23ClN2O4/c1-27-19-9-6-15(22)12-18(19)21(26)24-16-7-4-14(5-8-16)11-20(25)23-13-17-3-2-10-28-17/h4-9,12,17H,2-3,10-11,13H2,1H3,(H,23,25)(H,24,26). The monoisotopic (exact) mass is 402 g/mol. The van der Waals surface area contributed by atoms with E-state index in [1.165, 1.54) is 7.11 Å². The summed E-state index contributed by atoms with van der Waals surface area (Å²) >= 11 is 5.98. The van der Waals surface area contributed by atoms with E-state index in [-0.39, 0.29) is 24.3 Å². The number of benzene rings is 2. The van der Waals surface area contributed by atoms with E-state index in [1.54, 1.807) is 30.3 Å². The van der Waals surface area contributed by atoms with E-state index >= 15 is 0 Å². The van der Waals surface area contributed by atoms with Crippen molar-refractivity contribution >= 4 is 29.1 Å². The minimum Gasteiger partial charge on any atom is -0.496 e. The fraction of sp³-hybridized carbons (Fsp3) is 0.333. The average Bonchev–Trinajstić information content (AvgIpc) is 3.21. The molecule has 1 saturated heterocycles. The zero-order valence-corrected chi connectivity index (χ0v) is 16.4. The molecule has 7 heteroatoms. The summed E-state index contributed by atoms with van der Waals surface area (Å²) < 4.78 is 10.7. The number of anilines is 1. The summed E-state index contributed by atoms with van der Waals surface area (Å²) in [7, 11) is 1.50. The van der Waals surface area contributed by atoms with Crippen molar-refractivity contribution in [1.82, 2.24) is 5.32 Å². The van der Waals surface area contributed by atoms with E-state index in [4.69, 9.17) is 21.1 Å². The van der Waals surface area contributed by atoms with Crippen molar-refractivity contribution in [2.24, 2.45) is 0 Å². The maximum absolute atomic E-state index is 12.5. The highest BCUT2D eigenvalue weighted by molar-refractivity contribution is 6.31. The van der Waals surface area contributed by atoms with Gasteiger partial charge in [0.25, 0.3) is 5.91 Å². The molecule has 1 aliphatic heterocycles. The van der Waals surface area contributed by atoms with Gasteiger partial charge in [0.15, 0.2) is 0 Å². The van der Waals surface area contributed by atoms with Crippen LogP contribution >= 0.6 is 11.6 Å². The van der Waals surface area contributed by atoms with Gasteiger partial charge in [-0.2, -0.15) is 0 Å². The molecule has 2 aromatic carbocycles. The summed E-state index contributed by atoms with van der Waals surface area (Å²) in [5.41, 5.74) is 1.84. The summed E-state index contributed by atoms with van der Waals surface area (Å²) in [5, 5.41) is 6.16. The van der Waals surface area contributed by atoms with Gasteiger partial charge in [0.1, 0.15) is 5.75 Å². The van der Waals surface area contributed by atoms with Gasteiger partial charge in [-0.15, -0.1) is 0 Å². The number of methoxy groups -OCH3 is 1. The number of carbonyl (C=O) groups excluding carboxylic acids is 2. The van der Waals surface area contributed by atoms with Gasteiger partial charge in [0, 0.05) is 23.9 Å². The van der Waals surface area contributed by atoms with Crippen LogP contribution in [0.15, 0.2) is 42.5 Å². The highest BCUT2D eigenvalue weighted by Crippen LogP contribution is 2.24. The third-order valence-electron chi connectivity index (χ3n) is 4.53. The molecule has 1 heterocycles. The summed E-state index contributed by atoms with van der Waals surface area (Å²) in [5.74, 6) is 0.0822. The average molecular weight is 403 g/mol. The first-order chi connectivity index (χ1) is 13.5. The molecule has 0 aromatic heterocycles. The minimum absolute atomic E-state index is 0.0454. The molecular formula is C21H23ClN2O4. The van der Waals surface area contributed by atoms with Gasteiger partial charge in [0.05, 0.1) is 25.2 Å². The highest BCUT2D eigenvalue weighted by atomic mass is 35.5. The number of hydrogen-bond acceptors (Lipinski definition) is 4. The second-order valence-corrected chi connectivity index (χ2v) is 7.05. The molecule has 2 amide bonds. The van der Waals surface area contributed by atoms with Crippen LogP contribution in [-0.4, -0.2) is 38.2 Å². The van der Waals surface area contributed by atoms with E-state index in [2.05, 4.69) is 10.6 Å². The Balaban J connectivity index is 1.54. The van der Waals surface area contributed by atoms with Gasteiger partial charge in [0.2, 0.25) is 5.91 Å². The van der Waals surface area contributed by atoms with Crippen LogP contribution in [0.5, 0.6) is 5.75 Å². The van der Waals surface area contributed by atoms with Crippen LogP contribution in [0.25, 0.3) is 0 Å². The first kappa shape index (κ1) is 20.2. The fourth-order valence-electron chi connectivity index (χ4n) is 3.04. The van der Waals surface area contributed by atoms with E-state index < -0.39 is 0 Å². The highest BCUT2D eigenvalue weighted by Gasteiger charge is 2.16. The number of hydrogen-bond donors (Lipinski definition) is 2. The number of ether oxygens (including phenoxy) is 2. The molecule has 1 aliphatic rings.